The summed E-state index contributed by atoms with van der Waals surface area (Å²) in [5, 5.41) is 0.111. The molecule has 1 unspecified atom stereocenters. The topological polar surface area (TPSA) is 51.7 Å². The molecule has 1 aliphatic heterocycles. The van der Waals surface area contributed by atoms with Gasteiger partial charge in [0.2, 0.25) is 0 Å². The number of anilines is 1. The third-order valence-corrected chi connectivity index (χ3v) is 10.6. The molecule has 0 bridgehead atoms. The fourth-order valence-electron chi connectivity index (χ4n) is 2.81. The number of rotatable bonds is 2. The molecule has 1 aliphatic rings. The number of ether oxygens (including phenoxy) is 1. The Morgan fingerprint density at radius 1 is 1.26 bits per heavy atom. The smallest absolute Gasteiger partial charge is 0.414 e. The lowest BCUT2D eigenvalue weighted by molar-refractivity contribution is 0.0565. The zero-order chi connectivity index (χ0) is 20.8. The van der Waals surface area contributed by atoms with Crippen molar-refractivity contribution >= 4 is 36.0 Å². The fourth-order valence-corrected chi connectivity index (χ4v) is 4.39. The number of nitrogens with zero attached hydrogens (tertiary/aromatic N) is 2. The minimum Gasteiger partial charge on any atom is -0.443 e. The first-order valence-corrected chi connectivity index (χ1v) is 13.2. The normalized spacial score (nSPS) is 18.3. The van der Waals surface area contributed by atoms with Crippen LogP contribution in [0.4, 0.5) is 10.5 Å². The van der Waals surface area contributed by atoms with Gasteiger partial charge in [-0.05, 0) is 73.7 Å². The van der Waals surface area contributed by atoms with E-state index in [0.717, 1.165) is 21.4 Å². The Bertz CT molecular complexity index is 723. The van der Waals surface area contributed by atoms with Crippen molar-refractivity contribution in [2.45, 2.75) is 84.7 Å². The Balaban J connectivity index is 2.44. The van der Waals surface area contributed by atoms with Crippen molar-refractivity contribution in [3.8, 4) is 0 Å². The van der Waals surface area contributed by atoms with Crippen molar-refractivity contribution in [1.29, 1.82) is 0 Å². The predicted molar refractivity (Wildman–Crippen MR) is 116 cm³/mol. The van der Waals surface area contributed by atoms with Crippen LogP contribution in [0.3, 0.4) is 0 Å². The molecule has 1 amide bonds. The van der Waals surface area contributed by atoms with E-state index in [2.05, 4.69) is 54.8 Å². The van der Waals surface area contributed by atoms with Gasteiger partial charge >= 0.3 is 6.09 Å². The van der Waals surface area contributed by atoms with Gasteiger partial charge in [0.1, 0.15) is 5.60 Å². The molecule has 0 saturated heterocycles. The third kappa shape index (κ3) is 4.92. The molecule has 0 saturated carbocycles. The van der Waals surface area contributed by atoms with Gasteiger partial charge in [0, 0.05) is 17.2 Å². The SMILES string of the molecule is Cc1c(Br)cnc2c1N(C(=O)OC(C)(C)C)CCC2O[Si](C)(C)C(C)(C)C. The van der Waals surface area contributed by atoms with Crippen LogP contribution >= 0.6 is 15.9 Å². The van der Waals surface area contributed by atoms with Gasteiger partial charge in [-0.2, -0.15) is 0 Å². The summed E-state index contributed by atoms with van der Waals surface area (Å²) < 4.78 is 13.2. The number of hydrogen-bond donors (Lipinski definition) is 0. The van der Waals surface area contributed by atoms with E-state index < -0.39 is 13.9 Å². The Kier molecular flexibility index (Phi) is 6.20. The van der Waals surface area contributed by atoms with Gasteiger partial charge in [-0.25, -0.2) is 4.79 Å². The van der Waals surface area contributed by atoms with E-state index in [1.165, 1.54) is 0 Å². The molecule has 152 valence electrons. The van der Waals surface area contributed by atoms with Gasteiger partial charge in [-0.1, -0.05) is 20.8 Å². The molecule has 0 aromatic carbocycles. The molecule has 2 rings (SSSR count). The standard InChI is InChI=1S/C20H33BrN2O3Si/c1-13-14(21)12-22-16-15(26-27(8,9)20(5,6)7)10-11-23(17(13)16)18(24)25-19(2,3)4/h12,15H,10-11H2,1-9H3. The van der Waals surface area contributed by atoms with Crippen LogP contribution in [0.5, 0.6) is 0 Å². The van der Waals surface area contributed by atoms with Gasteiger partial charge in [0.05, 0.1) is 17.5 Å². The second-order valence-electron chi connectivity index (χ2n) is 9.75. The first-order valence-electron chi connectivity index (χ1n) is 9.47. The van der Waals surface area contributed by atoms with Crippen LogP contribution in [0.1, 0.15) is 65.3 Å². The highest BCUT2D eigenvalue weighted by Crippen LogP contribution is 2.45. The lowest BCUT2D eigenvalue weighted by Gasteiger charge is -2.42. The van der Waals surface area contributed by atoms with Crippen LogP contribution in [0.15, 0.2) is 10.7 Å². The second kappa shape index (κ2) is 7.48. The molecule has 0 N–H and O–H groups in total. The molecular weight excluding hydrogens is 424 g/mol. The molecule has 1 atom stereocenters. The number of carbonyl (C=O) groups excluding carboxylic acids is 1. The Labute approximate surface area is 173 Å². The van der Waals surface area contributed by atoms with Crippen molar-refractivity contribution in [2.24, 2.45) is 0 Å². The summed E-state index contributed by atoms with van der Waals surface area (Å²) in [6.07, 6.45) is 2.07. The highest BCUT2D eigenvalue weighted by molar-refractivity contribution is 9.10. The summed E-state index contributed by atoms with van der Waals surface area (Å²) in [4.78, 5) is 19.2. The molecule has 5 nitrogen and oxygen atoms in total. The van der Waals surface area contributed by atoms with Crippen molar-refractivity contribution in [1.82, 2.24) is 4.98 Å². The maximum absolute atomic E-state index is 12.8. The highest BCUT2D eigenvalue weighted by Gasteiger charge is 2.42. The summed E-state index contributed by atoms with van der Waals surface area (Å²) in [5.74, 6) is 0. The second-order valence-corrected chi connectivity index (χ2v) is 15.4. The lowest BCUT2D eigenvalue weighted by Crippen LogP contribution is -2.46. The van der Waals surface area contributed by atoms with Gasteiger partial charge in [0.15, 0.2) is 8.32 Å². The van der Waals surface area contributed by atoms with Crippen molar-refractivity contribution in [2.75, 3.05) is 11.4 Å². The van der Waals surface area contributed by atoms with E-state index in [1.54, 1.807) is 11.1 Å². The zero-order valence-electron chi connectivity index (χ0n) is 18.1. The average molecular weight is 457 g/mol. The minimum absolute atomic E-state index is 0.105. The summed E-state index contributed by atoms with van der Waals surface area (Å²) in [5.41, 5.74) is 2.08. The molecule has 27 heavy (non-hydrogen) atoms. The summed E-state index contributed by atoms with van der Waals surface area (Å²) in [7, 11) is -1.97. The molecule has 1 aromatic rings. The maximum Gasteiger partial charge on any atom is 0.414 e. The van der Waals surface area contributed by atoms with Crippen LogP contribution in [-0.2, 0) is 9.16 Å². The molecule has 0 aliphatic carbocycles. The van der Waals surface area contributed by atoms with Gasteiger partial charge in [0.25, 0.3) is 0 Å². The molecule has 7 heteroatoms. The van der Waals surface area contributed by atoms with E-state index >= 15 is 0 Å². The zero-order valence-corrected chi connectivity index (χ0v) is 20.7. The molecule has 0 radical (unpaired) electrons. The quantitative estimate of drug-likeness (QED) is 0.485. The number of hydrogen-bond acceptors (Lipinski definition) is 4. The molecule has 2 heterocycles. The summed E-state index contributed by atoms with van der Waals surface area (Å²) in [6.45, 7) is 19.4. The first kappa shape index (κ1) is 22.4. The molecule has 0 fully saturated rings. The Morgan fingerprint density at radius 2 is 1.85 bits per heavy atom. The Hall–Kier alpha value is -0.923. The van der Waals surface area contributed by atoms with Gasteiger partial charge < -0.3 is 9.16 Å². The number of aromatic nitrogens is 1. The van der Waals surface area contributed by atoms with Crippen LogP contribution < -0.4 is 4.90 Å². The number of carbonyl (C=O) groups is 1. The number of fused-ring (bicyclic) bond motifs is 1. The van der Waals surface area contributed by atoms with Gasteiger partial charge in [-0.3, -0.25) is 9.88 Å². The molecular formula is C20H33BrN2O3Si. The highest BCUT2D eigenvalue weighted by atomic mass is 79.9. The molecule has 1 aromatic heterocycles. The summed E-state index contributed by atoms with van der Waals surface area (Å²) >= 11 is 3.55. The van der Waals surface area contributed by atoms with Crippen molar-refractivity contribution < 1.29 is 14.0 Å². The Morgan fingerprint density at radius 3 is 2.37 bits per heavy atom. The average Bonchev–Trinajstić information content (AvgIpc) is 2.48. The first-order chi connectivity index (χ1) is 12.1. The number of amides is 1. The van der Waals surface area contributed by atoms with Crippen LogP contribution in [-0.4, -0.2) is 31.5 Å². The van der Waals surface area contributed by atoms with Crippen LogP contribution in [0.2, 0.25) is 18.1 Å². The van der Waals surface area contributed by atoms with E-state index in [-0.39, 0.29) is 17.2 Å². The number of pyridine rings is 1. The van der Waals surface area contributed by atoms with Crippen molar-refractivity contribution in [3.63, 3.8) is 0 Å². The predicted octanol–water partition coefficient (Wildman–Crippen LogP) is 6.36. The maximum atomic E-state index is 12.8. The minimum atomic E-state index is -1.97. The van der Waals surface area contributed by atoms with Gasteiger partial charge in [-0.15, -0.1) is 0 Å². The van der Waals surface area contributed by atoms with Crippen LogP contribution in [0.25, 0.3) is 0 Å². The van der Waals surface area contributed by atoms with E-state index in [4.69, 9.17) is 9.16 Å². The largest absolute Gasteiger partial charge is 0.443 e. The van der Waals surface area contributed by atoms with E-state index in [1.807, 2.05) is 27.7 Å². The van der Waals surface area contributed by atoms with Crippen molar-refractivity contribution in [3.05, 3.63) is 21.9 Å². The fraction of sp³-hybridized carbons (Fsp3) is 0.700. The third-order valence-electron chi connectivity index (χ3n) is 5.32. The molecule has 0 spiro atoms. The van der Waals surface area contributed by atoms with E-state index in [0.29, 0.717) is 13.0 Å². The monoisotopic (exact) mass is 456 g/mol. The summed E-state index contributed by atoms with van der Waals surface area (Å²) in [6, 6.07) is 0. The van der Waals surface area contributed by atoms with Crippen LogP contribution in [0, 0.1) is 6.92 Å². The van der Waals surface area contributed by atoms with E-state index in [9.17, 15) is 4.79 Å². The lowest BCUT2D eigenvalue weighted by atomic mass is 10.0. The number of halogens is 1.